The van der Waals surface area contributed by atoms with Gasteiger partial charge in [0.15, 0.2) is 11.6 Å². The number of nitrogens with zero attached hydrogens (tertiary/aromatic N) is 1. The molecule has 0 aliphatic heterocycles. The third-order valence-corrected chi connectivity index (χ3v) is 9.92. The van der Waals surface area contributed by atoms with Crippen molar-refractivity contribution in [3.63, 3.8) is 0 Å². The Hall–Kier alpha value is -2.64. The van der Waals surface area contributed by atoms with E-state index in [0.29, 0.717) is 24.7 Å². The van der Waals surface area contributed by atoms with Gasteiger partial charge in [0, 0.05) is 38.5 Å². The summed E-state index contributed by atoms with van der Waals surface area (Å²) in [6.45, 7) is 4.06. The van der Waals surface area contributed by atoms with Crippen molar-refractivity contribution in [2.45, 2.75) is 71.1 Å². The minimum atomic E-state index is -0.703. The smallest absolute Gasteiger partial charge is 0.156 e. The van der Waals surface area contributed by atoms with E-state index in [0.717, 1.165) is 38.5 Å². The molecule has 0 saturated heterocycles. The standard InChI is InChI=1S/C32H39NO3/c1-5-29(36)32(16-6-18-34)17-15-28-26-13-9-22-19-24(35)12-14-25(22)30(26)27(20-31(28,32)2)21-7-10-23(11-8-21)33(3)4/h7-8,10-11,19,26-28,34H,5,9,12-15,17-18,20H2,1-4H3/t26-,27+,28-,31-,32+/m0/s1. The number of hydrogen-bond donors (Lipinski definition) is 1. The molecule has 2 saturated carbocycles. The molecule has 0 unspecified atom stereocenters. The Labute approximate surface area is 215 Å². The fraction of sp³-hybridized carbons (Fsp3) is 0.562. The lowest BCUT2D eigenvalue weighted by molar-refractivity contribution is -0.132. The molecule has 1 aromatic carbocycles. The molecule has 0 spiro atoms. The number of aliphatic hydroxyl groups excluding tert-OH is 1. The highest BCUT2D eigenvalue weighted by Gasteiger charge is 2.65. The predicted molar refractivity (Wildman–Crippen MR) is 144 cm³/mol. The molecule has 2 fully saturated rings. The third-order valence-electron chi connectivity index (χ3n) is 9.92. The molecular formula is C32H39NO3. The number of anilines is 1. The lowest BCUT2D eigenvalue weighted by atomic mass is 9.48. The summed E-state index contributed by atoms with van der Waals surface area (Å²) in [5.41, 5.74) is 5.73. The van der Waals surface area contributed by atoms with Crippen LogP contribution in [-0.2, 0) is 9.59 Å². The first-order valence-electron chi connectivity index (χ1n) is 13.6. The van der Waals surface area contributed by atoms with Gasteiger partial charge < -0.3 is 10.0 Å². The lowest BCUT2D eigenvalue weighted by Crippen LogP contribution is -2.50. The van der Waals surface area contributed by atoms with E-state index in [1.807, 2.05) is 13.0 Å². The van der Waals surface area contributed by atoms with Crippen molar-refractivity contribution < 1.29 is 14.7 Å². The lowest BCUT2D eigenvalue weighted by Gasteiger charge is -2.54. The molecule has 0 heterocycles. The van der Waals surface area contributed by atoms with Gasteiger partial charge in [-0.15, -0.1) is 0 Å². The molecule has 0 bridgehead atoms. The van der Waals surface area contributed by atoms with Gasteiger partial charge in [-0.25, -0.2) is 0 Å². The van der Waals surface area contributed by atoms with Crippen LogP contribution < -0.4 is 4.90 Å². The van der Waals surface area contributed by atoms with Crippen LogP contribution in [0.2, 0.25) is 0 Å². The number of rotatable bonds is 4. The number of benzene rings is 1. The highest BCUT2D eigenvalue weighted by atomic mass is 16.2. The number of allylic oxidation sites excluding steroid dienone is 4. The Morgan fingerprint density at radius 2 is 1.89 bits per heavy atom. The molecule has 190 valence electrons. The number of ketones is 2. The van der Waals surface area contributed by atoms with E-state index in [1.165, 1.54) is 28.0 Å². The van der Waals surface area contributed by atoms with E-state index in [4.69, 9.17) is 0 Å². The van der Waals surface area contributed by atoms with E-state index < -0.39 is 5.41 Å². The zero-order valence-corrected chi connectivity index (χ0v) is 22.2. The predicted octanol–water partition coefficient (Wildman–Crippen LogP) is 5.61. The number of carbonyl (C=O) groups is 2. The quantitative estimate of drug-likeness (QED) is 0.563. The van der Waals surface area contributed by atoms with Crippen molar-refractivity contribution in [3.8, 4) is 11.8 Å². The van der Waals surface area contributed by atoms with E-state index in [1.54, 1.807) is 0 Å². The average Bonchev–Trinajstić information content (AvgIpc) is 3.18. The van der Waals surface area contributed by atoms with Crippen molar-refractivity contribution in [2.75, 3.05) is 25.6 Å². The van der Waals surface area contributed by atoms with E-state index in [9.17, 15) is 14.7 Å². The second kappa shape index (κ2) is 9.34. The zero-order valence-electron chi connectivity index (χ0n) is 22.2. The topological polar surface area (TPSA) is 57.6 Å². The fourth-order valence-electron chi connectivity index (χ4n) is 8.22. The van der Waals surface area contributed by atoms with Gasteiger partial charge in [-0.05, 0) is 90.7 Å². The minimum absolute atomic E-state index is 0.206. The summed E-state index contributed by atoms with van der Waals surface area (Å²) in [7, 11) is 4.12. The first-order chi connectivity index (χ1) is 17.3. The van der Waals surface area contributed by atoms with Crippen LogP contribution in [-0.4, -0.2) is 37.4 Å². The summed E-state index contributed by atoms with van der Waals surface area (Å²) in [5, 5.41) is 9.58. The molecule has 4 nitrogen and oxygen atoms in total. The Bertz CT molecular complexity index is 1190. The van der Waals surface area contributed by atoms with Crippen LogP contribution in [0.15, 0.2) is 47.1 Å². The molecule has 4 heteroatoms. The Morgan fingerprint density at radius 1 is 1.14 bits per heavy atom. The number of fused-ring (bicyclic) bond motifs is 4. The van der Waals surface area contributed by atoms with Gasteiger partial charge in [0.25, 0.3) is 0 Å². The van der Waals surface area contributed by atoms with Crippen molar-refractivity contribution >= 4 is 17.3 Å². The van der Waals surface area contributed by atoms with E-state index in [-0.39, 0.29) is 29.5 Å². The van der Waals surface area contributed by atoms with Gasteiger partial charge in [0.2, 0.25) is 0 Å². The molecule has 5 atom stereocenters. The van der Waals surface area contributed by atoms with Crippen LogP contribution in [0.25, 0.3) is 0 Å². The summed E-state index contributed by atoms with van der Waals surface area (Å²) in [4.78, 5) is 28.0. The highest BCUT2D eigenvalue weighted by Crippen LogP contribution is 2.69. The van der Waals surface area contributed by atoms with Gasteiger partial charge in [0.1, 0.15) is 6.61 Å². The maximum atomic E-state index is 13.6. The Balaban J connectivity index is 1.69. The van der Waals surface area contributed by atoms with Gasteiger partial charge in [-0.1, -0.05) is 43.4 Å². The van der Waals surface area contributed by atoms with Crippen LogP contribution in [0.1, 0.15) is 76.7 Å². The molecule has 0 radical (unpaired) electrons. The van der Waals surface area contributed by atoms with E-state index in [2.05, 4.69) is 62.0 Å². The maximum absolute atomic E-state index is 13.6. The zero-order chi connectivity index (χ0) is 25.7. The van der Waals surface area contributed by atoms with Crippen molar-refractivity contribution in [3.05, 3.63) is 52.6 Å². The van der Waals surface area contributed by atoms with Gasteiger partial charge in [-0.3, -0.25) is 9.59 Å². The molecular weight excluding hydrogens is 446 g/mol. The Morgan fingerprint density at radius 3 is 2.56 bits per heavy atom. The van der Waals surface area contributed by atoms with Gasteiger partial charge in [0.05, 0.1) is 5.41 Å². The SMILES string of the molecule is CCC(=O)[C@@]1(C#CCO)CC[C@H]2[C@@H]3CCC4=CC(=O)CCC4=C3[C@@H](c3ccc(N(C)C)cc3)C[C@@]21C. The van der Waals surface area contributed by atoms with Crippen molar-refractivity contribution in [2.24, 2.45) is 22.7 Å². The van der Waals surface area contributed by atoms with Crippen LogP contribution in [0, 0.1) is 34.5 Å². The molecule has 1 N–H and O–H groups in total. The molecule has 1 aromatic rings. The van der Waals surface area contributed by atoms with Crippen LogP contribution in [0.4, 0.5) is 5.69 Å². The van der Waals surface area contributed by atoms with Crippen LogP contribution in [0.3, 0.4) is 0 Å². The van der Waals surface area contributed by atoms with Crippen LogP contribution >= 0.6 is 0 Å². The van der Waals surface area contributed by atoms with Gasteiger partial charge >= 0.3 is 0 Å². The van der Waals surface area contributed by atoms with Crippen LogP contribution in [0.5, 0.6) is 0 Å². The second-order valence-electron chi connectivity index (χ2n) is 11.7. The first kappa shape index (κ1) is 25.0. The summed E-state index contributed by atoms with van der Waals surface area (Å²) in [5.74, 6) is 7.77. The second-order valence-corrected chi connectivity index (χ2v) is 11.7. The molecule has 4 aliphatic rings. The molecule has 4 aliphatic carbocycles. The van der Waals surface area contributed by atoms with E-state index >= 15 is 0 Å². The fourth-order valence-corrected chi connectivity index (χ4v) is 8.22. The molecule has 0 amide bonds. The summed E-state index contributed by atoms with van der Waals surface area (Å²) in [6.07, 6.45) is 8.46. The Kier molecular flexibility index (Phi) is 6.50. The number of aliphatic hydroxyl groups is 1. The third kappa shape index (κ3) is 3.70. The molecule has 0 aromatic heterocycles. The summed E-state index contributed by atoms with van der Waals surface area (Å²) < 4.78 is 0. The summed E-state index contributed by atoms with van der Waals surface area (Å²) in [6, 6.07) is 8.91. The van der Waals surface area contributed by atoms with Gasteiger partial charge in [-0.2, -0.15) is 0 Å². The summed E-state index contributed by atoms with van der Waals surface area (Å²) >= 11 is 0. The number of carbonyl (C=O) groups excluding carboxylic acids is 2. The number of hydrogen-bond acceptors (Lipinski definition) is 4. The highest BCUT2D eigenvalue weighted by molar-refractivity contribution is 5.93. The van der Waals surface area contributed by atoms with Crippen molar-refractivity contribution in [1.29, 1.82) is 0 Å². The molecule has 5 rings (SSSR count). The number of Topliss-reactive ketones (excluding diaryl/α,β-unsaturated/α-hetero) is 1. The first-order valence-corrected chi connectivity index (χ1v) is 13.6. The maximum Gasteiger partial charge on any atom is 0.156 e. The molecule has 36 heavy (non-hydrogen) atoms. The normalized spacial score (nSPS) is 33.1. The average molecular weight is 486 g/mol. The van der Waals surface area contributed by atoms with Crippen molar-refractivity contribution in [1.82, 2.24) is 0 Å². The monoisotopic (exact) mass is 485 g/mol. The minimum Gasteiger partial charge on any atom is -0.384 e. The largest absolute Gasteiger partial charge is 0.384 e.